The number of carbonyl (C=O) groups excluding carboxylic acids is 2. The molecule has 2 fully saturated rings. The minimum Gasteiger partial charge on any atom is -0.442 e. The third-order valence-electron chi connectivity index (χ3n) is 5.36. The molecule has 2 aliphatic heterocycles. The molecule has 1 atom stereocenters. The summed E-state index contributed by atoms with van der Waals surface area (Å²) in [6.45, 7) is 0.794. The predicted molar refractivity (Wildman–Crippen MR) is 111 cm³/mol. The molecule has 32 heavy (non-hydrogen) atoms. The molecule has 3 heterocycles. The normalized spacial score (nSPS) is 19.5. The second-order valence-electron chi connectivity index (χ2n) is 7.39. The highest BCUT2D eigenvalue weighted by Gasteiger charge is 2.34. The maximum Gasteiger partial charge on any atom is 0.414 e. The number of anilines is 2. The number of cyclic esters (lactones) is 1. The van der Waals surface area contributed by atoms with Crippen LogP contribution in [0.25, 0.3) is 0 Å². The second kappa shape index (κ2) is 9.41. The standard InChI is InChI=1S/C18H19Cl2F2N7O3/c19-16(20)17(30)23-7-12-8-28(18(31)32-12)11-5-13(21)15(14(22)6-11)27-3-1-10(2-4-27)29-25-9-24-26-29/h5-6,9-10,12,16H,1-4,7-8H2,(H,23,30). The molecular weight excluding hydrogens is 471 g/mol. The topological polar surface area (TPSA) is 105 Å². The highest BCUT2D eigenvalue weighted by molar-refractivity contribution is 6.53. The number of piperidine rings is 1. The molecule has 4 rings (SSSR count). The molecule has 172 valence electrons. The number of hydrogen-bond donors (Lipinski definition) is 1. The van der Waals surface area contributed by atoms with E-state index in [1.165, 1.54) is 11.1 Å². The van der Waals surface area contributed by atoms with Gasteiger partial charge >= 0.3 is 6.09 Å². The zero-order chi connectivity index (χ0) is 22.8. The molecular formula is C18H19Cl2F2N7O3. The molecule has 1 aromatic heterocycles. The van der Waals surface area contributed by atoms with E-state index in [4.69, 9.17) is 27.9 Å². The summed E-state index contributed by atoms with van der Waals surface area (Å²) in [5.74, 6) is -2.20. The van der Waals surface area contributed by atoms with Gasteiger partial charge in [-0.3, -0.25) is 9.69 Å². The number of nitrogens with one attached hydrogen (secondary N) is 1. The Balaban J connectivity index is 1.42. The van der Waals surface area contributed by atoms with Gasteiger partial charge in [-0.2, -0.15) is 4.80 Å². The molecule has 10 nitrogen and oxygen atoms in total. The lowest BCUT2D eigenvalue weighted by molar-refractivity contribution is -0.119. The zero-order valence-electron chi connectivity index (χ0n) is 16.6. The molecule has 0 radical (unpaired) electrons. The molecule has 2 saturated heterocycles. The van der Waals surface area contributed by atoms with Gasteiger partial charge in [0.1, 0.15) is 11.8 Å². The average Bonchev–Trinajstić information content (AvgIpc) is 3.42. The van der Waals surface area contributed by atoms with Crippen molar-refractivity contribution >= 4 is 46.6 Å². The first-order valence-electron chi connectivity index (χ1n) is 9.84. The van der Waals surface area contributed by atoms with E-state index in [9.17, 15) is 18.4 Å². The minimum atomic E-state index is -1.25. The number of amides is 2. The molecule has 2 aromatic rings. The van der Waals surface area contributed by atoms with Crippen molar-refractivity contribution in [3.8, 4) is 0 Å². The van der Waals surface area contributed by atoms with Gasteiger partial charge in [0.2, 0.25) is 0 Å². The van der Waals surface area contributed by atoms with Gasteiger partial charge in [-0.1, -0.05) is 23.2 Å². The van der Waals surface area contributed by atoms with E-state index in [2.05, 4.69) is 20.7 Å². The molecule has 1 unspecified atom stereocenters. The van der Waals surface area contributed by atoms with Gasteiger partial charge in [0, 0.05) is 25.2 Å². The van der Waals surface area contributed by atoms with Crippen LogP contribution in [0.4, 0.5) is 25.0 Å². The van der Waals surface area contributed by atoms with Crippen molar-refractivity contribution in [2.75, 3.05) is 36.0 Å². The number of ether oxygens (including phenoxy) is 1. The highest BCUT2D eigenvalue weighted by atomic mass is 35.5. The van der Waals surface area contributed by atoms with Crippen molar-refractivity contribution in [2.45, 2.75) is 29.8 Å². The predicted octanol–water partition coefficient (Wildman–Crippen LogP) is 2.04. The molecule has 2 amide bonds. The van der Waals surface area contributed by atoms with Gasteiger partial charge in [0.25, 0.3) is 5.91 Å². The summed E-state index contributed by atoms with van der Waals surface area (Å²) in [7, 11) is 0. The average molecular weight is 490 g/mol. The third-order valence-corrected chi connectivity index (χ3v) is 5.76. The van der Waals surface area contributed by atoms with E-state index >= 15 is 0 Å². The Labute approximate surface area is 191 Å². The van der Waals surface area contributed by atoms with Crippen molar-refractivity contribution in [2.24, 2.45) is 0 Å². The van der Waals surface area contributed by atoms with E-state index in [1.807, 2.05) is 0 Å². The molecule has 1 aromatic carbocycles. The Kier molecular flexibility index (Phi) is 6.60. The number of tetrazole rings is 1. The summed E-state index contributed by atoms with van der Waals surface area (Å²) in [5.41, 5.74) is -0.123. The fourth-order valence-electron chi connectivity index (χ4n) is 3.80. The molecule has 0 bridgehead atoms. The lowest BCUT2D eigenvalue weighted by atomic mass is 10.0. The van der Waals surface area contributed by atoms with Crippen LogP contribution < -0.4 is 15.1 Å². The molecule has 0 saturated carbocycles. The van der Waals surface area contributed by atoms with Crippen molar-refractivity contribution in [3.63, 3.8) is 0 Å². The van der Waals surface area contributed by atoms with E-state index in [1.54, 1.807) is 4.90 Å². The van der Waals surface area contributed by atoms with Gasteiger partial charge in [0.15, 0.2) is 22.8 Å². The monoisotopic (exact) mass is 489 g/mol. The number of alkyl halides is 2. The van der Waals surface area contributed by atoms with Gasteiger partial charge < -0.3 is 15.0 Å². The largest absolute Gasteiger partial charge is 0.442 e. The number of aromatic nitrogens is 4. The van der Waals surface area contributed by atoms with E-state index in [0.717, 1.165) is 17.0 Å². The quantitative estimate of drug-likeness (QED) is 0.618. The van der Waals surface area contributed by atoms with Crippen molar-refractivity contribution in [3.05, 3.63) is 30.1 Å². The van der Waals surface area contributed by atoms with Crippen LogP contribution >= 0.6 is 23.2 Å². The van der Waals surface area contributed by atoms with E-state index < -0.39 is 34.6 Å². The van der Waals surface area contributed by atoms with E-state index in [-0.39, 0.29) is 30.5 Å². The van der Waals surface area contributed by atoms with Crippen LogP contribution in [0.3, 0.4) is 0 Å². The number of hydrogen-bond acceptors (Lipinski definition) is 7. The first-order chi connectivity index (χ1) is 15.3. The number of nitrogens with zero attached hydrogens (tertiary/aromatic N) is 6. The van der Waals surface area contributed by atoms with Crippen molar-refractivity contribution in [1.82, 2.24) is 25.5 Å². The number of halogens is 4. The molecule has 2 aliphatic rings. The van der Waals surface area contributed by atoms with Crippen molar-refractivity contribution in [1.29, 1.82) is 0 Å². The second-order valence-corrected chi connectivity index (χ2v) is 8.49. The van der Waals surface area contributed by atoms with Crippen LogP contribution in [0.5, 0.6) is 0 Å². The lowest BCUT2D eigenvalue weighted by Crippen LogP contribution is -2.37. The maximum atomic E-state index is 14.9. The fraction of sp³-hybridized carbons (Fsp3) is 0.500. The summed E-state index contributed by atoms with van der Waals surface area (Å²) >= 11 is 10.9. The van der Waals surface area contributed by atoms with E-state index in [0.29, 0.717) is 25.9 Å². The Morgan fingerprint density at radius 2 is 1.94 bits per heavy atom. The van der Waals surface area contributed by atoms with Crippen LogP contribution in [0.1, 0.15) is 18.9 Å². The summed E-state index contributed by atoms with van der Waals surface area (Å²) in [5, 5.41) is 14.0. The number of rotatable bonds is 6. The lowest BCUT2D eigenvalue weighted by Gasteiger charge is -2.33. The fourth-order valence-corrected chi connectivity index (χ4v) is 3.96. The molecule has 14 heteroatoms. The summed E-state index contributed by atoms with van der Waals surface area (Å²) in [6, 6.07) is 2.21. The summed E-state index contributed by atoms with van der Waals surface area (Å²) in [6.07, 6.45) is 1.07. The first kappa shape index (κ1) is 22.5. The maximum absolute atomic E-state index is 14.9. The Morgan fingerprint density at radius 1 is 1.25 bits per heavy atom. The van der Waals surface area contributed by atoms with Crippen molar-refractivity contribution < 1.29 is 23.1 Å². The first-order valence-corrected chi connectivity index (χ1v) is 10.7. The Hall–Kier alpha value is -2.73. The molecule has 0 aliphatic carbocycles. The van der Waals surface area contributed by atoms with Gasteiger partial charge in [-0.15, -0.1) is 10.2 Å². The van der Waals surface area contributed by atoms with Crippen LogP contribution in [0, 0.1) is 11.6 Å². The van der Waals surface area contributed by atoms with Crippen LogP contribution in [-0.2, 0) is 9.53 Å². The SMILES string of the molecule is O=C(NCC1CN(c2cc(F)c(N3CCC(n4ncnn4)CC3)c(F)c2)C(=O)O1)C(Cl)Cl. The van der Waals surface area contributed by atoms with Gasteiger partial charge in [0.05, 0.1) is 24.8 Å². The number of benzene rings is 1. The smallest absolute Gasteiger partial charge is 0.414 e. The van der Waals surface area contributed by atoms with Gasteiger partial charge in [-0.25, -0.2) is 13.6 Å². The summed E-state index contributed by atoms with van der Waals surface area (Å²) < 4.78 is 34.9. The number of carbonyl (C=O) groups is 2. The molecule has 0 spiro atoms. The third kappa shape index (κ3) is 4.70. The zero-order valence-corrected chi connectivity index (χ0v) is 18.1. The van der Waals surface area contributed by atoms with Crippen LogP contribution in [-0.4, -0.2) is 69.3 Å². The summed E-state index contributed by atoms with van der Waals surface area (Å²) in [4.78, 5) is 26.6. The highest BCUT2D eigenvalue weighted by Crippen LogP contribution is 2.33. The Morgan fingerprint density at radius 3 is 2.53 bits per heavy atom. The molecule has 1 N–H and O–H groups in total. The van der Waals surface area contributed by atoms with Crippen LogP contribution in [0.2, 0.25) is 0 Å². The van der Waals surface area contributed by atoms with Gasteiger partial charge in [-0.05, 0) is 18.1 Å². The Bertz CT molecular complexity index is 964. The van der Waals surface area contributed by atoms with Crippen LogP contribution in [0.15, 0.2) is 18.5 Å². The minimum absolute atomic E-state index is 0.00286.